The summed E-state index contributed by atoms with van der Waals surface area (Å²) in [5.74, 6) is 1.16. The molecule has 0 aliphatic carbocycles. The lowest BCUT2D eigenvalue weighted by Crippen LogP contribution is -2.44. The van der Waals surface area contributed by atoms with Gasteiger partial charge in [0.15, 0.2) is 10.7 Å². The molecule has 1 fully saturated rings. The van der Waals surface area contributed by atoms with E-state index in [-0.39, 0.29) is 11.5 Å². The molecule has 2 aliphatic rings. The number of carbonyl (C=O) groups is 1. The molecule has 1 saturated heterocycles. The van der Waals surface area contributed by atoms with Gasteiger partial charge in [-0.2, -0.15) is 0 Å². The van der Waals surface area contributed by atoms with Gasteiger partial charge in [0.1, 0.15) is 11.8 Å². The lowest BCUT2D eigenvalue weighted by atomic mass is 10.0. The molecule has 1 amide bonds. The predicted molar refractivity (Wildman–Crippen MR) is 152 cm³/mol. The zero-order chi connectivity index (χ0) is 26.2. The molecule has 10 heteroatoms. The second kappa shape index (κ2) is 10.2. The molecule has 0 spiro atoms. The van der Waals surface area contributed by atoms with E-state index in [9.17, 15) is 9.59 Å². The van der Waals surface area contributed by atoms with Crippen LogP contribution in [0.15, 0.2) is 85.5 Å². The number of hydrogen-bond donors (Lipinski definition) is 1. The second-order valence-electron chi connectivity index (χ2n) is 9.38. The summed E-state index contributed by atoms with van der Waals surface area (Å²) in [7, 11) is 2.12. The number of amides is 1. The number of piperazine rings is 1. The Labute approximate surface area is 227 Å². The van der Waals surface area contributed by atoms with Gasteiger partial charge < -0.3 is 19.5 Å². The van der Waals surface area contributed by atoms with Crippen LogP contribution < -0.4 is 25.1 Å². The minimum atomic E-state index is -0.561. The number of hydrogen-bond acceptors (Lipinski definition) is 8. The van der Waals surface area contributed by atoms with Gasteiger partial charge in [0.25, 0.3) is 11.5 Å². The van der Waals surface area contributed by atoms with E-state index in [0.29, 0.717) is 32.1 Å². The molecule has 1 atom stereocenters. The van der Waals surface area contributed by atoms with E-state index >= 15 is 0 Å². The number of benzene rings is 1. The lowest BCUT2D eigenvalue weighted by molar-refractivity contribution is -0.113. The molecule has 0 saturated carbocycles. The third kappa shape index (κ3) is 4.66. The van der Waals surface area contributed by atoms with Crippen LogP contribution >= 0.6 is 22.7 Å². The van der Waals surface area contributed by atoms with Crippen molar-refractivity contribution in [2.24, 2.45) is 4.99 Å². The van der Waals surface area contributed by atoms with Crippen molar-refractivity contribution in [2.45, 2.75) is 13.0 Å². The van der Waals surface area contributed by atoms with E-state index in [4.69, 9.17) is 9.41 Å². The van der Waals surface area contributed by atoms with Gasteiger partial charge >= 0.3 is 0 Å². The Morgan fingerprint density at radius 1 is 1.08 bits per heavy atom. The van der Waals surface area contributed by atoms with Crippen LogP contribution in [0.5, 0.6) is 0 Å². The Kier molecular flexibility index (Phi) is 6.61. The summed E-state index contributed by atoms with van der Waals surface area (Å²) in [6, 6.07) is 16.5. The molecule has 0 bridgehead atoms. The smallest absolute Gasteiger partial charge is 0.271 e. The minimum Gasteiger partial charge on any atom is -0.441 e. The first-order valence-electron chi connectivity index (χ1n) is 12.4. The molecule has 0 radical (unpaired) electrons. The minimum absolute atomic E-state index is 0.192. The van der Waals surface area contributed by atoms with Crippen LogP contribution in [-0.2, 0) is 4.79 Å². The maximum absolute atomic E-state index is 13.8. The number of carbonyl (C=O) groups excluding carboxylic acids is 1. The number of anilines is 2. The quantitative estimate of drug-likeness (QED) is 0.416. The Morgan fingerprint density at radius 3 is 2.61 bits per heavy atom. The lowest BCUT2D eigenvalue weighted by Gasteiger charge is -2.32. The molecule has 3 aromatic heterocycles. The third-order valence-electron chi connectivity index (χ3n) is 6.81. The van der Waals surface area contributed by atoms with Crippen molar-refractivity contribution in [3.05, 3.63) is 102 Å². The van der Waals surface area contributed by atoms with E-state index in [1.54, 1.807) is 10.6 Å². The van der Waals surface area contributed by atoms with Gasteiger partial charge in [0.05, 0.1) is 15.8 Å². The number of nitrogens with one attached hydrogen (secondary N) is 1. The first-order chi connectivity index (χ1) is 18.5. The van der Waals surface area contributed by atoms with Crippen LogP contribution in [0, 0.1) is 0 Å². The van der Waals surface area contributed by atoms with Gasteiger partial charge in [-0.1, -0.05) is 35.6 Å². The van der Waals surface area contributed by atoms with E-state index in [1.165, 1.54) is 22.7 Å². The number of rotatable bonds is 5. The highest BCUT2D eigenvalue weighted by Crippen LogP contribution is 2.33. The number of likely N-dealkylation sites (N-methyl/N-ethyl adjacent to an activating group) is 1. The molecular formula is C28H27N5O3S2. The normalized spacial score (nSPS) is 18.4. The molecule has 0 unspecified atom stereocenters. The molecule has 5 heterocycles. The summed E-state index contributed by atoms with van der Waals surface area (Å²) in [5.41, 5.74) is 1.56. The van der Waals surface area contributed by atoms with Crippen molar-refractivity contribution < 1.29 is 9.21 Å². The van der Waals surface area contributed by atoms with Crippen molar-refractivity contribution in [1.82, 2.24) is 9.47 Å². The number of para-hydroxylation sites is 1. The zero-order valence-corrected chi connectivity index (χ0v) is 22.7. The topological polar surface area (TPSA) is 83.1 Å². The van der Waals surface area contributed by atoms with E-state index in [1.807, 2.05) is 66.9 Å². The molecule has 38 heavy (non-hydrogen) atoms. The average Bonchev–Trinajstić information content (AvgIpc) is 3.66. The number of thiophene rings is 1. The third-order valence-corrected chi connectivity index (χ3v) is 8.72. The van der Waals surface area contributed by atoms with E-state index in [0.717, 1.165) is 36.9 Å². The maximum Gasteiger partial charge on any atom is 0.271 e. The first kappa shape index (κ1) is 24.6. The summed E-state index contributed by atoms with van der Waals surface area (Å²) in [6.45, 7) is 5.60. The van der Waals surface area contributed by atoms with E-state index in [2.05, 4.69) is 22.2 Å². The van der Waals surface area contributed by atoms with Gasteiger partial charge in [-0.25, -0.2) is 4.99 Å². The predicted octanol–water partition coefficient (Wildman–Crippen LogP) is 3.28. The molecule has 1 aromatic carbocycles. The van der Waals surface area contributed by atoms with Gasteiger partial charge in [-0.05, 0) is 43.6 Å². The number of fused-ring (bicyclic) bond motifs is 1. The van der Waals surface area contributed by atoms with Gasteiger partial charge in [0, 0.05) is 48.9 Å². The standard InChI is InChI=1S/C28H27N5O3S2/c1-18-24(26(34)30-19-7-4-3-5-8-19)25(21-9-6-16-37-21)33-27(35)22(38-28(33)29-18)17-20-10-11-23(36-20)32-14-12-31(2)13-15-32/h3-11,16-17,25H,12-15H2,1-2H3,(H,30,34)/b22-17+/t25-/m0/s1. The van der Waals surface area contributed by atoms with Crippen LogP contribution in [0.2, 0.25) is 0 Å². The molecule has 1 N–H and O–H groups in total. The molecule has 8 nitrogen and oxygen atoms in total. The number of thiazole rings is 1. The van der Waals surface area contributed by atoms with Crippen LogP contribution in [0.25, 0.3) is 6.08 Å². The summed E-state index contributed by atoms with van der Waals surface area (Å²) in [5, 5.41) is 4.93. The van der Waals surface area contributed by atoms with Gasteiger partial charge in [-0.15, -0.1) is 11.3 Å². The van der Waals surface area contributed by atoms with Crippen molar-refractivity contribution in [3.63, 3.8) is 0 Å². The van der Waals surface area contributed by atoms with Crippen molar-refractivity contribution >= 4 is 46.2 Å². The Hall–Kier alpha value is -3.73. The molecular weight excluding hydrogens is 518 g/mol. The van der Waals surface area contributed by atoms with Crippen LogP contribution in [0.1, 0.15) is 23.6 Å². The van der Waals surface area contributed by atoms with Gasteiger partial charge in [0.2, 0.25) is 0 Å². The van der Waals surface area contributed by atoms with Crippen LogP contribution in [0.4, 0.5) is 11.6 Å². The van der Waals surface area contributed by atoms with Crippen molar-refractivity contribution in [2.75, 3.05) is 43.4 Å². The fraction of sp³-hybridized carbons (Fsp3) is 0.250. The second-order valence-corrected chi connectivity index (χ2v) is 11.4. The Bertz CT molecular complexity index is 1670. The number of nitrogens with zero attached hydrogens (tertiary/aromatic N) is 4. The summed E-state index contributed by atoms with van der Waals surface area (Å²) in [6.07, 6.45) is 1.78. The average molecular weight is 546 g/mol. The summed E-state index contributed by atoms with van der Waals surface area (Å²) in [4.78, 5) is 38.0. The monoisotopic (exact) mass is 545 g/mol. The van der Waals surface area contributed by atoms with E-state index < -0.39 is 6.04 Å². The number of furan rings is 1. The SMILES string of the molecule is CC1=C(C(=O)Nc2ccccc2)[C@H](c2cccs2)n2c(s/c(=C/c3ccc(N4CCN(C)CC4)o3)c2=O)=N1. The van der Waals surface area contributed by atoms with Crippen molar-refractivity contribution in [3.8, 4) is 0 Å². The highest BCUT2D eigenvalue weighted by molar-refractivity contribution is 7.10. The number of allylic oxidation sites excluding steroid dienone is 1. The molecule has 194 valence electrons. The molecule has 4 aromatic rings. The van der Waals surface area contributed by atoms with Crippen LogP contribution in [-0.4, -0.2) is 48.6 Å². The Morgan fingerprint density at radius 2 is 1.87 bits per heavy atom. The molecule has 6 rings (SSSR count). The zero-order valence-electron chi connectivity index (χ0n) is 21.1. The maximum atomic E-state index is 13.8. The highest BCUT2D eigenvalue weighted by atomic mass is 32.1. The first-order valence-corrected chi connectivity index (χ1v) is 14.1. The molecule has 2 aliphatic heterocycles. The summed E-state index contributed by atoms with van der Waals surface area (Å²) < 4.78 is 8.26. The van der Waals surface area contributed by atoms with Crippen LogP contribution in [0.3, 0.4) is 0 Å². The largest absolute Gasteiger partial charge is 0.441 e. The van der Waals surface area contributed by atoms with Crippen molar-refractivity contribution in [1.29, 1.82) is 0 Å². The fourth-order valence-electron chi connectivity index (χ4n) is 4.79. The fourth-order valence-corrected chi connectivity index (χ4v) is 6.64. The Balaban J connectivity index is 1.38. The number of aromatic nitrogens is 1. The van der Waals surface area contributed by atoms with Gasteiger partial charge in [-0.3, -0.25) is 14.2 Å². The summed E-state index contributed by atoms with van der Waals surface area (Å²) >= 11 is 2.83. The highest BCUT2D eigenvalue weighted by Gasteiger charge is 2.33.